The number of hydrogen-bond acceptors (Lipinski definition) is 8. The number of benzene rings is 1. The van der Waals surface area contributed by atoms with Crippen LogP contribution in [0.3, 0.4) is 0 Å². The number of halogens is 3. The summed E-state index contributed by atoms with van der Waals surface area (Å²) in [5.74, 6) is -2.17. The Morgan fingerprint density at radius 3 is 2.32 bits per heavy atom. The molecule has 0 aliphatic carbocycles. The van der Waals surface area contributed by atoms with Crippen molar-refractivity contribution >= 4 is 23.4 Å². The van der Waals surface area contributed by atoms with E-state index in [0.29, 0.717) is 0 Å². The third kappa shape index (κ3) is 4.59. The van der Waals surface area contributed by atoms with Gasteiger partial charge in [0.15, 0.2) is 0 Å². The lowest BCUT2D eigenvalue weighted by Crippen LogP contribution is -2.37. The highest BCUT2D eigenvalue weighted by Crippen LogP contribution is 2.28. The number of nitrogens with one attached hydrogen (secondary N) is 1. The molecule has 2 aromatic heterocycles. The van der Waals surface area contributed by atoms with Crippen molar-refractivity contribution in [2.24, 2.45) is 0 Å². The van der Waals surface area contributed by atoms with Crippen molar-refractivity contribution in [2.75, 3.05) is 36.0 Å². The van der Waals surface area contributed by atoms with Crippen molar-refractivity contribution < 1.29 is 27.5 Å². The molecule has 4 heterocycles. The fourth-order valence-electron chi connectivity index (χ4n) is 4.36. The summed E-state index contributed by atoms with van der Waals surface area (Å²) in [4.78, 5) is 59.8. The molecule has 0 spiro atoms. The van der Waals surface area contributed by atoms with E-state index in [-0.39, 0.29) is 56.6 Å². The molecule has 13 nitrogen and oxygen atoms in total. The highest BCUT2D eigenvalue weighted by Gasteiger charge is 2.34. The highest BCUT2D eigenvalue weighted by atomic mass is 19.3. The first-order chi connectivity index (χ1) is 18.2. The summed E-state index contributed by atoms with van der Waals surface area (Å²) in [7, 11) is 0. The number of nitrogens with zero attached hydrogens (tertiary/aromatic N) is 7. The Labute approximate surface area is 211 Å². The van der Waals surface area contributed by atoms with E-state index in [4.69, 9.17) is 4.74 Å². The summed E-state index contributed by atoms with van der Waals surface area (Å²) in [5.41, 5.74) is -0.828. The Bertz CT molecular complexity index is 1450. The van der Waals surface area contributed by atoms with Crippen LogP contribution in [0, 0.1) is 5.82 Å². The maximum Gasteiger partial charge on any atom is 0.414 e. The van der Waals surface area contributed by atoms with E-state index in [1.165, 1.54) is 33.9 Å². The van der Waals surface area contributed by atoms with Gasteiger partial charge >= 0.3 is 23.9 Å². The van der Waals surface area contributed by atoms with Crippen LogP contribution in [0.5, 0.6) is 0 Å². The smallest absolute Gasteiger partial charge is 0.414 e. The van der Waals surface area contributed by atoms with Gasteiger partial charge in [-0.05, 0) is 24.3 Å². The van der Waals surface area contributed by atoms with Gasteiger partial charge in [-0.15, -0.1) is 0 Å². The zero-order chi connectivity index (χ0) is 27.0. The second-order valence-corrected chi connectivity index (χ2v) is 8.48. The highest BCUT2D eigenvalue weighted by molar-refractivity contribution is 5.90. The van der Waals surface area contributed by atoms with Crippen LogP contribution in [0.4, 0.5) is 29.3 Å². The van der Waals surface area contributed by atoms with Crippen molar-refractivity contribution in [1.82, 2.24) is 29.2 Å². The topological polar surface area (TPSA) is 137 Å². The van der Waals surface area contributed by atoms with Gasteiger partial charge in [-0.25, -0.2) is 38.1 Å². The van der Waals surface area contributed by atoms with Crippen molar-refractivity contribution in [1.29, 1.82) is 0 Å². The van der Waals surface area contributed by atoms with Crippen molar-refractivity contribution in [2.45, 2.75) is 25.6 Å². The molecule has 38 heavy (non-hydrogen) atoms. The second kappa shape index (κ2) is 10.0. The lowest BCUT2D eigenvalue weighted by atomic mass is 10.2. The number of hydrogen-bond donors (Lipinski definition) is 1. The average Bonchev–Trinajstić information content (AvgIpc) is 3.27. The van der Waals surface area contributed by atoms with Crippen molar-refractivity contribution in [3.05, 3.63) is 63.4 Å². The number of amides is 2. The zero-order valence-corrected chi connectivity index (χ0v) is 19.7. The molecule has 1 atom stereocenters. The number of carbonyl (C=O) groups is 2. The molecule has 5 rings (SSSR count). The van der Waals surface area contributed by atoms with Crippen LogP contribution in [0.25, 0.3) is 5.95 Å². The van der Waals surface area contributed by atoms with Gasteiger partial charge < -0.3 is 15.0 Å². The van der Waals surface area contributed by atoms with Gasteiger partial charge in [-0.2, -0.15) is 13.3 Å². The van der Waals surface area contributed by atoms with E-state index in [2.05, 4.69) is 9.97 Å². The van der Waals surface area contributed by atoms with E-state index in [1.807, 2.05) is 5.32 Å². The maximum absolute atomic E-state index is 15.2. The Hall–Kier alpha value is -4.63. The summed E-state index contributed by atoms with van der Waals surface area (Å²) >= 11 is 0. The van der Waals surface area contributed by atoms with Crippen LogP contribution in [-0.4, -0.2) is 74.6 Å². The number of carbonyl (C=O) groups excluding carboxylic acids is 2. The van der Waals surface area contributed by atoms with E-state index in [0.717, 1.165) is 15.5 Å². The Morgan fingerprint density at radius 1 is 1.05 bits per heavy atom. The second-order valence-electron chi connectivity index (χ2n) is 8.48. The number of fused-ring (bicyclic) bond motifs is 1. The summed E-state index contributed by atoms with van der Waals surface area (Å²) < 4.78 is 48.3. The normalized spacial score (nSPS) is 17.4. The van der Waals surface area contributed by atoms with Crippen LogP contribution in [0.1, 0.15) is 0 Å². The summed E-state index contributed by atoms with van der Waals surface area (Å²) in [6.07, 6.45) is -2.03. The third-order valence-corrected chi connectivity index (χ3v) is 6.19. The van der Waals surface area contributed by atoms with Gasteiger partial charge in [0, 0.05) is 25.5 Å². The number of rotatable bonds is 6. The van der Waals surface area contributed by atoms with E-state index in [1.54, 1.807) is 11.0 Å². The quantitative estimate of drug-likeness (QED) is 0.465. The molecular formula is C22H21F3N8O5. The number of cyclic esters (lactones) is 1. The monoisotopic (exact) mass is 534 g/mol. The van der Waals surface area contributed by atoms with Gasteiger partial charge in [0.25, 0.3) is 5.91 Å². The third-order valence-electron chi connectivity index (χ3n) is 6.19. The van der Waals surface area contributed by atoms with Crippen LogP contribution in [-0.2, 0) is 22.6 Å². The predicted molar refractivity (Wildman–Crippen MR) is 125 cm³/mol. The van der Waals surface area contributed by atoms with Crippen LogP contribution < -0.4 is 26.5 Å². The van der Waals surface area contributed by atoms with Crippen molar-refractivity contribution in [3.63, 3.8) is 0 Å². The lowest BCUT2D eigenvalue weighted by Gasteiger charge is -2.23. The molecule has 1 N–H and O–H groups in total. The van der Waals surface area contributed by atoms with Gasteiger partial charge in [0.2, 0.25) is 5.95 Å². The van der Waals surface area contributed by atoms with Gasteiger partial charge in [0.05, 0.1) is 37.6 Å². The standard InChI is InChI=1S/C22H21F3N8O5/c23-15-10-13(30-12-14(38-22(30)37)11-28-18(34)17(24)25)2-3-16(15)29-6-8-31-20(35)33(19-26-4-1-5-27-19)21(36)32(31)9-7-29/h1-5,10,14,17H,6-9,11-12H2,(H,28,34)/t14-/m0/s1. The zero-order valence-electron chi connectivity index (χ0n) is 19.7. The minimum atomic E-state index is -3.19. The fraction of sp³-hybridized carbons (Fsp3) is 0.364. The van der Waals surface area contributed by atoms with Gasteiger partial charge in [0.1, 0.15) is 11.9 Å². The number of ether oxygens (including phenoxy) is 1. The summed E-state index contributed by atoms with van der Waals surface area (Å²) in [6, 6.07) is 5.65. The first kappa shape index (κ1) is 25.0. The molecule has 1 saturated heterocycles. The fourth-order valence-corrected chi connectivity index (χ4v) is 4.36. The van der Waals surface area contributed by atoms with Crippen molar-refractivity contribution in [3.8, 4) is 5.95 Å². The van der Waals surface area contributed by atoms with Gasteiger partial charge in [-0.1, -0.05) is 0 Å². The Balaban J connectivity index is 1.29. The number of aromatic nitrogens is 5. The van der Waals surface area contributed by atoms with E-state index in [9.17, 15) is 28.0 Å². The largest absolute Gasteiger partial charge is 0.442 e. The first-order valence-electron chi connectivity index (χ1n) is 11.5. The first-order valence-corrected chi connectivity index (χ1v) is 11.5. The number of alkyl halides is 2. The number of anilines is 2. The SMILES string of the molecule is O=C(NC[C@H]1CN(c2ccc(N3CCn4c(=O)n(-c5ncccn5)c(=O)n4CC3)c(F)c2)C(=O)O1)C(F)F. The molecule has 0 unspecified atom stereocenters. The molecule has 16 heteroatoms. The molecule has 1 fully saturated rings. The molecule has 2 amide bonds. The molecule has 3 aromatic rings. The molecular weight excluding hydrogens is 513 g/mol. The molecule has 1 aromatic carbocycles. The summed E-state index contributed by atoms with van der Waals surface area (Å²) in [6.45, 7) is 0.248. The van der Waals surface area contributed by atoms with Crippen LogP contribution >= 0.6 is 0 Å². The Kier molecular flexibility index (Phi) is 6.61. The van der Waals surface area contributed by atoms with E-state index < -0.39 is 41.7 Å². The molecule has 0 saturated carbocycles. The molecule has 2 aliphatic rings. The maximum atomic E-state index is 15.2. The predicted octanol–water partition coefficient (Wildman–Crippen LogP) is -0.0435. The van der Waals surface area contributed by atoms with Crippen LogP contribution in [0.2, 0.25) is 0 Å². The molecule has 0 radical (unpaired) electrons. The summed E-state index contributed by atoms with van der Waals surface area (Å²) in [5, 5.41) is 1.98. The van der Waals surface area contributed by atoms with Gasteiger partial charge in [-0.3, -0.25) is 9.69 Å². The van der Waals surface area contributed by atoms with E-state index >= 15 is 4.39 Å². The molecule has 2 aliphatic heterocycles. The molecule has 200 valence electrons. The minimum absolute atomic E-state index is 0.0341. The Morgan fingerprint density at radius 2 is 1.71 bits per heavy atom. The minimum Gasteiger partial charge on any atom is -0.442 e. The average molecular weight is 534 g/mol. The lowest BCUT2D eigenvalue weighted by molar-refractivity contribution is -0.132. The molecule has 0 bridgehead atoms. The van der Waals surface area contributed by atoms with Crippen LogP contribution in [0.15, 0.2) is 46.2 Å².